The molecular formula is C14H20N2O4. The number of carboxylic acid groups (broad SMARTS) is 1. The largest absolute Gasteiger partial charge is 0.480 e. The van der Waals surface area contributed by atoms with Gasteiger partial charge in [0.05, 0.1) is 0 Å². The Labute approximate surface area is 117 Å². The highest BCUT2D eigenvalue weighted by Crippen LogP contribution is 2.12. The molecule has 0 aliphatic carbocycles. The fourth-order valence-corrected chi connectivity index (χ4v) is 1.74. The third kappa shape index (κ3) is 5.27. The van der Waals surface area contributed by atoms with Crippen LogP contribution in [-0.2, 0) is 4.79 Å². The number of carbonyl (C=O) groups excluding carboxylic acids is 1. The van der Waals surface area contributed by atoms with Gasteiger partial charge in [-0.25, -0.2) is 9.59 Å². The van der Waals surface area contributed by atoms with Crippen molar-refractivity contribution in [1.82, 2.24) is 10.6 Å². The van der Waals surface area contributed by atoms with Gasteiger partial charge in [0.15, 0.2) is 0 Å². The van der Waals surface area contributed by atoms with E-state index < -0.39 is 18.0 Å². The standard InChI is InChI=1S/C14H20N2O4/c1-10(11-5-3-2-4-6-11)9-15-14(20)16-12(7-8-17)13(18)19/h2-6,10,12,17H,7-9H2,1H3,(H,18,19)(H2,15,16,20). The van der Waals surface area contributed by atoms with Gasteiger partial charge in [-0.05, 0) is 11.5 Å². The van der Waals surface area contributed by atoms with Crippen LogP contribution in [0, 0.1) is 0 Å². The van der Waals surface area contributed by atoms with E-state index in [1.807, 2.05) is 37.3 Å². The van der Waals surface area contributed by atoms with Gasteiger partial charge in [-0.1, -0.05) is 37.3 Å². The van der Waals surface area contributed by atoms with E-state index in [1.165, 1.54) is 0 Å². The lowest BCUT2D eigenvalue weighted by atomic mass is 10.0. The number of hydrogen-bond donors (Lipinski definition) is 4. The summed E-state index contributed by atoms with van der Waals surface area (Å²) in [7, 11) is 0. The molecule has 1 aromatic carbocycles. The summed E-state index contributed by atoms with van der Waals surface area (Å²) in [5, 5.41) is 22.5. The maximum absolute atomic E-state index is 11.6. The minimum atomic E-state index is -1.16. The molecule has 0 aromatic heterocycles. The van der Waals surface area contributed by atoms with E-state index in [-0.39, 0.29) is 18.9 Å². The Kier molecular flexibility index (Phi) is 6.52. The quantitative estimate of drug-likeness (QED) is 0.597. The summed E-state index contributed by atoms with van der Waals surface area (Å²) < 4.78 is 0. The highest BCUT2D eigenvalue weighted by Gasteiger charge is 2.19. The lowest BCUT2D eigenvalue weighted by molar-refractivity contribution is -0.139. The van der Waals surface area contributed by atoms with Crippen molar-refractivity contribution in [3.05, 3.63) is 35.9 Å². The van der Waals surface area contributed by atoms with Crippen molar-refractivity contribution in [2.24, 2.45) is 0 Å². The molecule has 0 saturated carbocycles. The van der Waals surface area contributed by atoms with Crippen molar-refractivity contribution in [2.75, 3.05) is 13.2 Å². The molecular weight excluding hydrogens is 260 g/mol. The number of carboxylic acids is 1. The number of aliphatic hydroxyl groups excluding tert-OH is 1. The van der Waals surface area contributed by atoms with Crippen molar-refractivity contribution in [3.8, 4) is 0 Å². The molecule has 20 heavy (non-hydrogen) atoms. The molecule has 0 aliphatic rings. The number of urea groups is 1. The van der Waals surface area contributed by atoms with Gasteiger partial charge in [-0.2, -0.15) is 0 Å². The molecule has 0 spiro atoms. The molecule has 1 aromatic rings. The number of amides is 2. The summed E-state index contributed by atoms with van der Waals surface area (Å²) in [5.74, 6) is -1.03. The highest BCUT2D eigenvalue weighted by molar-refractivity contribution is 5.82. The second-order valence-corrected chi connectivity index (χ2v) is 4.57. The Bertz CT molecular complexity index is 436. The van der Waals surface area contributed by atoms with Crippen molar-refractivity contribution in [2.45, 2.75) is 25.3 Å². The molecule has 4 N–H and O–H groups in total. The van der Waals surface area contributed by atoms with Crippen LogP contribution in [-0.4, -0.2) is 41.4 Å². The third-order valence-electron chi connectivity index (χ3n) is 2.96. The van der Waals surface area contributed by atoms with Crippen LogP contribution >= 0.6 is 0 Å². The summed E-state index contributed by atoms with van der Waals surface area (Å²) in [6, 6.07) is 8.08. The first-order chi connectivity index (χ1) is 9.54. The molecule has 6 nitrogen and oxygen atoms in total. The van der Waals surface area contributed by atoms with E-state index >= 15 is 0 Å². The summed E-state index contributed by atoms with van der Waals surface area (Å²) in [6.45, 7) is 2.08. The van der Waals surface area contributed by atoms with E-state index in [0.717, 1.165) is 5.56 Å². The van der Waals surface area contributed by atoms with Gasteiger partial charge in [-0.15, -0.1) is 0 Å². The van der Waals surface area contributed by atoms with E-state index in [9.17, 15) is 9.59 Å². The van der Waals surface area contributed by atoms with Gasteiger partial charge in [0, 0.05) is 19.6 Å². The number of aliphatic hydroxyl groups is 1. The zero-order chi connectivity index (χ0) is 15.0. The number of aliphatic carboxylic acids is 1. The maximum Gasteiger partial charge on any atom is 0.326 e. The second-order valence-electron chi connectivity index (χ2n) is 4.57. The number of hydrogen-bond acceptors (Lipinski definition) is 3. The molecule has 0 bridgehead atoms. The van der Waals surface area contributed by atoms with Crippen LogP contribution in [0.1, 0.15) is 24.8 Å². The van der Waals surface area contributed by atoms with Crippen LogP contribution in [0.5, 0.6) is 0 Å². The van der Waals surface area contributed by atoms with Gasteiger partial charge >= 0.3 is 12.0 Å². The lowest BCUT2D eigenvalue weighted by Gasteiger charge is -2.16. The fourth-order valence-electron chi connectivity index (χ4n) is 1.74. The average Bonchev–Trinajstić information content (AvgIpc) is 2.45. The number of rotatable bonds is 7. The van der Waals surface area contributed by atoms with Crippen molar-refractivity contribution >= 4 is 12.0 Å². The minimum Gasteiger partial charge on any atom is -0.480 e. The van der Waals surface area contributed by atoms with Gasteiger partial charge < -0.3 is 20.8 Å². The molecule has 0 fully saturated rings. The Balaban J connectivity index is 2.41. The van der Waals surface area contributed by atoms with E-state index in [0.29, 0.717) is 6.54 Å². The Morgan fingerprint density at radius 3 is 2.45 bits per heavy atom. The average molecular weight is 280 g/mol. The monoisotopic (exact) mass is 280 g/mol. The first-order valence-electron chi connectivity index (χ1n) is 6.47. The van der Waals surface area contributed by atoms with Crippen LogP contribution in [0.4, 0.5) is 4.79 Å². The van der Waals surface area contributed by atoms with Crippen LogP contribution in [0.25, 0.3) is 0 Å². The van der Waals surface area contributed by atoms with Crippen molar-refractivity contribution in [1.29, 1.82) is 0 Å². The van der Waals surface area contributed by atoms with E-state index in [2.05, 4.69) is 10.6 Å². The molecule has 0 aliphatic heterocycles. The summed E-state index contributed by atoms with van der Waals surface area (Å²) in [4.78, 5) is 22.4. The lowest BCUT2D eigenvalue weighted by Crippen LogP contribution is -2.47. The van der Waals surface area contributed by atoms with E-state index in [1.54, 1.807) is 0 Å². The van der Waals surface area contributed by atoms with Gasteiger partial charge in [0.2, 0.25) is 0 Å². The molecule has 1 rings (SSSR count). The first kappa shape index (κ1) is 16.0. The third-order valence-corrected chi connectivity index (χ3v) is 2.96. The van der Waals surface area contributed by atoms with Gasteiger partial charge in [-0.3, -0.25) is 0 Å². The predicted octanol–water partition coefficient (Wildman–Crippen LogP) is 0.925. The van der Waals surface area contributed by atoms with Crippen LogP contribution in [0.15, 0.2) is 30.3 Å². The Morgan fingerprint density at radius 2 is 1.90 bits per heavy atom. The van der Waals surface area contributed by atoms with Gasteiger partial charge in [0.25, 0.3) is 0 Å². The van der Waals surface area contributed by atoms with Crippen LogP contribution < -0.4 is 10.6 Å². The molecule has 2 atom stereocenters. The fraction of sp³-hybridized carbons (Fsp3) is 0.429. The highest BCUT2D eigenvalue weighted by atomic mass is 16.4. The molecule has 0 saturated heterocycles. The van der Waals surface area contributed by atoms with Crippen LogP contribution in [0.2, 0.25) is 0 Å². The Morgan fingerprint density at radius 1 is 1.25 bits per heavy atom. The van der Waals surface area contributed by atoms with Crippen molar-refractivity contribution < 1.29 is 19.8 Å². The zero-order valence-corrected chi connectivity index (χ0v) is 11.4. The zero-order valence-electron chi connectivity index (χ0n) is 11.4. The summed E-state index contributed by atoms with van der Waals surface area (Å²) in [5.41, 5.74) is 1.10. The molecule has 2 unspecified atom stereocenters. The van der Waals surface area contributed by atoms with E-state index in [4.69, 9.17) is 10.2 Å². The number of nitrogens with one attached hydrogen (secondary N) is 2. The smallest absolute Gasteiger partial charge is 0.326 e. The SMILES string of the molecule is CC(CNC(=O)NC(CCO)C(=O)O)c1ccccc1. The maximum atomic E-state index is 11.6. The molecule has 2 amide bonds. The number of benzene rings is 1. The normalized spacial score (nSPS) is 13.3. The summed E-state index contributed by atoms with van der Waals surface area (Å²) in [6.07, 6.45) is -0.0169. The predicted molar refractivity (Wildman–Crippen MR) is 74.5 cm³/mol. The number of carbonyl (C=O) groups is 2. The second kappa shape index (κ2) is 8.16. The molecule has 110 valence electrons. The molecule has 0 heterocycles. The minimum absolute atomic E-state index is 0.0169. The molecule has 0 radical (unpaired) electrons. The topological polar surface area (TPSA) is 98.7 Å². The Hall–Kier alpha value is -2.08. The first-order valence-corrected chi connectivity index (χ1v) is 6.47. The molecule has 6 heteroatoms. The van der Waals surface area contributed by atoms with Gasteiger partial charge in [0.1, 0.15) is 6.04 Å². The van der Waals surface area contributed by atoms with Crippen LogP contribution in [0.3, 0.4) is 0 Å². The van der Waals surface area contributed by atoms with Crippen molar-refractivity contribution in [3.63, 3.8) is 0 Å². The summed E-state index contributed by atoms with van der Waals surface area (Å²) >= 11 is 0.